The summed E-state index contributed by atoms with van der Waals surface area (Å²) < 4.78 is 10.8. The molecule has 0 radical (unpaired) electrons. The second-order valence-electron chi connectivity index (χ2n) is 7.41. The number of ether oxygens (including phenoxy) is 1. The van der Waals surface area contributed by atoms with Crippen LogP contribution in [0, 0.1) is 12.8 Å². The van der Waals surface area contributed by atoms with E-state index in [9.17, 15) is 9.59 Å². The van der Waals surface area contributed by atoms with Gasteiger partial charge in [0.15, 0.2) is 0 Å². The van der Waals surface area contributed by atoms with Gasteiger partial charge in [-0.1, -0.05) is 18.0 Å². The average Bonchev–Trinajstić information content (AvgIpc) is 3.12. The highest BCUT2D eigenvalue weighted by Gasteiger charge is 2.31. The Labute approximate surface area is 154 Å². The number of hydrogen-bond acceptors (Lipinski definition) is 5. The molecule has 144 valence electrons. The summed E-state index contributed by atoms with van der Waals surface area (Å²) in [6.45, 7) is 4.64. The van der Waals surface area contributed by atoms with Gasteiger partial charge in [-0.05, 0) is 19.8 Å². The predicted molar refractivity (Wildman–Crippen MR) is 95.5 cm³/mol. The van der Waals surface area contributed by atoms with E-state index < -0.39 is 0 Å². The lowest BCUT2D eigenvalue weighted by atomic mass is 9.98. The summed E-state index contributed by atoms with van der Waals surface area (Å²) in [6.07, 6.45) is 5.74. The van der Waals surface area contributed by atoms with Gasteiger partial charge in [-0.2, -0.15) is 0 Å². The van der Waals surface area contributed by atoms with Gasteiger partial charge in [0.2, 0.25) is 11.8 Å². The van der Waals surface area contributed by atoms with Gasteiger partial charge in [-0.25, -0.2) is 0 Å². The van der Waals surface area contributed by atoms with Crippen LogP contribution in [0.3, 0.4) is 0 Å². The van der Waals surface area contributed by atoms with Gasteiger partial charge in [0.1, 0.15) is 5.76 Å². The Bertz CT molecular complexity index is 608. The lowest BCUT2D eigenvalue weighted by molar-refractivity contribution is -0.133. The quantitative estimate of drug-likeness (QED) is 0.834. The molecule has 0 aliphatic carbocycles. The van der Waals surface area contributed by atoms with E-state index in [1.807, 2.05) is 17.9 Å². The Balaban J connectivity index is 1.42. The minimum atomic E-state index is -0.0811. The summed E-state index contributed by atoms with van der Waals surface area (Å²) in [5, 5.41) is 6.93. The first-order valence-electron chi connectivity index (χ1n) is 9.69. The van der Waals surface area contributed by atoms with Crippen molar-refractivity contribution in [3.8, 4) is 0 Å². The molecule has 2 atom stereocenters. The van der Waals surface area contributed by atoms with Crippen molar-refractivity contribution >= 4 is 11.8 Å². The molecule has 0 saturated carbocycles. The van der Waals surface area contributed by atoms with Crippen LogP contribution in [0.5, 0.6) is 0 Å². The van der Waals surface area contributed by atoms with Gasteiger partial charge in [0, 0.05) is 44.3 Å². The molecule has 2 unspecified atom stereocenters. The number of carbonyl (C=O) groups is 2. The first kappa shape index (κ1) is 18.9. The smallest absolute Gasteiger partial charge is 0.223 e. The predicted octanol–water partition coefficient (Wildman–Crippen LogP) is 1.84. The number of likely N-dealkylation sites (tertiary alicyclic amines) is 1. The molecule has 3 rings (SSSR count). The molecular formula is C19H29N3O4. The number of aromatic nitrogens is 1. The highest BCUT2D eigenvalue weighted by atomic mass is 16.5. The molecule has 0 spiro atoms. The molecule has 2 aliphatic rings. The lowest BCUT2D eigenvalue weighted by Crippen LogP contribution is -2.41. The number of carbonyl (C=O) groups excluding carboxylic acids is 2. The Morgan fingerprint density at radius 1 is 1.19 bits per heavy atom. The summed E-state index contributed by atoms with van der Waals surface area (Å²) in [5.74, 6) is 1.00. The molecule has 1 N–H and O–H groups in total. The molecule has 0 aromatic carbocycles. The second kappa shape index (κ2) is 9.16. The van der Waals surface area contributed by atoms with E-state index in [-0.39, 0.29) is 36.6 Å². The third-order valence-electron chi connectivity index (χ3n) is 5.21. The topological polar surface area (TPSA) is 84.7 Å². The third kappa shape index (κ3) is 5.30. The first-order chi connectivity index (χ1) is 12.6. The SMILES string of the molecule is Cc1cc(CC2COCC2NC(=O)CCC(=O)N2CCCCCC2)on1. The van der Waals surface area contributed by atoms with E-state index in [4.69, 9.17) is 9.26 Å². The fourth-order valence-electron chi connectivity index (χ4n) is 3.71. The van der Waals surface area contributed by atoms with E-state index in [1.165, 1.54) is 12.8 Å². The first-order valence-corrected chi connectivity index (χ1v) is 9.69. The summed E-state index contributed by atoms with van der Waals surface area (Å²) in [7, 11) is 0. The van der Waals surface area contributed by atoms with E-state index >= 15 is 0 Å². The lowest BCUT2D eigenvalue weighted by Gasteiger charge is -2.21. The van der Waals surface area contributed by atoms with Crippen molar-refractivity contribution in [1.29, 1.82) is 0 Å². The van der Waals surface area contributed by atoms with Crippen LogP contribution in [0.25, 0.3) is 0 Å². The number of nitrogens with zero attached hydrogens (tertiary/aromatic N) is 2. The van der Waals surface area contributed by atoms with Crippen LogP contribution < -0.4 is 5.32 Å². The van der Waals surface area contributed by atoms with Crippen molar-refractivity contribution in [3.63, 3.8) is 0 Å². The van der Waals surface area contributed by atoms with Gasteiger partial charge in [0.05, 0.1) is 24.9 Å². The van der Waals surface area contributed by atoms with E-state index in [1.54, 1.807) is 0 Å². The molecule has 7 heteroatoms. The van der Waals surface area contributed by atoms with Crippen LogP contribution >= 0.6 is 0 Å². The molecule has 0 bridgehead atoms. The second-order valence-corrected chi connectivity index (χ2v) is 7.41. The van der Waals surface area contributed by atoms with Crippen molar-refractivity contribution in [2.24, 2.45) is 5.92 Å². The minimum absolute atomic E-state index is 0.0406. The number of aryl methyl sites for hydroxylation is 1. The normalized spacial score (nSPS) is 23.7. The molecule has 2 saturated heterocycles. The van der Waals surface area contributed by atoms with Crippen molar-refractivity contribution in [2.75, 3.05) is 26.3 Å². The van der Waals surface area contributed by atoms with Crippen molar-refractivity contribution in [3.05, 3.63) is 17.5 Å². The number of amides is 2. The highest BCUT2D eigenvalue weighted by molar-refractivity contribution is 5.84. The van der Waals surface area contributed by atoms with E-state index in [2.05, 4.69) is 10.5 Å². The van der Waals surface area contributed by atoms with Gasteiger partial charge >= 0.3 is 0 Å². The maximum atomic E-state index is 12.3. The third-order valence-corrected chi connectivity index (χ3v) is 5.21. The molecule has 3 heterocycles. The van der Waals surface area contributed by atoms with Crippen LogP contribution in [-0.2, 0) is 20.7 Å². The monoisotopic (exact) mass is 363 g/mol. The van der Waals surface area contributed by atoms with Crippen LogP contribution in [0.15, 0.2) is 10.6 Å². The number of nitrogens with one attached hydrogen (secondary N) is 1. The molecule has 7 nitrogen and oxygen atoms in total. The fraction of sp³-hybridized carbons (Fsp3) is 0.737. The van der Waals surface area contributed by atoms with Gasteiger partial charge < -0.3 is 19.5 Å². The van der Waals surface area contributed by atoms with E-state index in [0.29, 0.717) is 19.6 Å². The summed E-state index contributed by atoms with van der Waals surface area (Å²) in [6, 6.07) is 1.87. The Kier molecular flexibility index (Phi) is 6.66. The number of rotatable bonds is 6. The minimum Gasteiger partial charge on any atom is -0.379 e. The molecule has 1 aromatic rings. The van der Waals surface area contributed by atoms with Crippen LogP contribution in [-0.4, -0.2) is 54.2 Å². The van der Waals surface area contributed by atoms with Gasteiger partial charge in [-0.3, -0.25) is 9.59 Å². The average molecular weight is 363 g/mol. The Morgan fingerprint density at radius 2 is 1.96 bits per heavy atom. The molecular weight excluding hydrogens is 334 g/mol. The molecule has 2 aliphatic heterocycles. The fourth-order valence-corrected chi connectivity index (χ4v) is 3.71. The molecule has 2 amide bonds. The molecule has 2 fully saturated rings. The van der Waals surface area contributed by atoms with Crippen molar-refractivity contribution in [2.45, 2.75) is 57.9 Å². The van der Waals surface area contributed by atoms with Crippen LogP contribution in [0.4, 0.5) is 0 Å². The zero-order chi connectivity index (χ0) is 18.4. The van der Waals surface area contributed by atoms with Crippen molar-refractivity contribution < 1.29 is 18.8 Å². The maximum Gasteiger partial charge on any atom is 0.223 e. The molecule has 1 aromatic heterocycles. The Hall–Kier alpha value is -1.89. The van der Waals surface area contributed by atoms with Crippen LogP contribution in [0.2, 0.25) is 0 Å². The number of hydrogen-bond donors (Lipinski definition) is 1. The maximum absolute atomic E-state index is 12.3. The zero-order valence-corrected chi connectivity index (χ0v) is 15.5. The van der Waals surface area contributed by atoms with Crippen molar-refractivity contribution in [1.82, 2.24) is 15.4 Å². The summed E-state index contributed by atoms with van der Waals surface area (Å²) in [5.41, 5.74) is 0.853. The van der Waals surface area contributed by atoms with Crippen LogP contribution in [0.1, 0.15) is 50.0 Å². The van der Waals surface area contributed by atoms with Gasteiger partial charge in [-0.15, -0.1) is 0 Å². The highest BCUT2D eigenvalue weighted by Crippen LogP contribution is 2.20. The summed E-state index contributed by atoms with van der Waals surface area (Å²) in [4.78, 5) is 26.5. The Morgan fingerprint density at radius 3 is 2.65 bits per heavy atom. The van der Waals surface area contributed by atoms with Gasteiger partial charge in [0.25, 0.3) is 0 Å². The largest absolute Gasteiger partial charge is 0.379 e. The zero-order valence-electron chi connectivity index (χ0n) is 15.5. The summed E-state index contributed by atoms with van der Waals surface area (Å²) >= 11 is 0. The molecule has 26 heavy (non-hydrogen) atoms. The standard InChI is InChI=1S/C19H29N3O4/c1-14-10-16(26-21-14)11-15-12-25-13-17(15)20-18(23)6-7-19(24)22-8-4-2-3-5-9-22/h10,15,17H,2-9,11-13H2,1H3,(H,20,23). The van der Waals surface area contributed by atoms with E-state index in [0.717, 1.165) is 37.4 Å².